The average Bonchev–Trinajstić information content (AvgIpc) is 3.24. The van der Waals surface area contributed by atoms with Crippen LogP contribution in [0.5, 0.6) is 0 Å². The summed E-state index contributed by atoms with van der Waals surface area (Å²) in [6.45, 7) is 4.02. The van der Waals surface area contributed by atoms with E-state index in [0.717, 1.165) is 39.1 Å². The minimum Gasteiger partial charge on any atom is -0.373 e. The molecule has 0 N–H and O–H groups in total. The lowest BCUT2D eigenvalue weighted by Crippen LogP contribution is -2.32. The lowest BCUT2D eigenvalue weighted by Gasteiger charge is -2.23. The summed E-state index contributed by atoms with van der Waals surface area (Å²) in [6.07, 6.45) is 6.37. The molecule has 2 fully saturated rings. The van der Waals surface area contributed by atoms with Gasteiger partial charge in [0.15, 0.2) is 0 Å². The number of hydrogen-bond donors (Lipinski definition) is 0. The first kappa shape index (κ1) is 14.0. The van der Waals surface area contributed by atoms with E-state index in [1.54, 1.807) is 0 Å². The van der Waals surface area contributed by atoms with Crippen molar-refractivity contribution < 1.29 is 4.74 Å². The summed E-state index contributed by atoms with van der Waals surface area (Å²) in [5.74, 6) is 0.555. The van der Waals surface area contributed by atoms with Crippen molar-refractivity contribution in [3.63, 3.8) is 0 Å². The first-order valence-electron chi connectivity index (χ1n) is 8.11. The maximum atomic E-state index is 6.28. The second-order valence-corrected chi connectivity index (χ2v) is 6.79. The van der Waals surface area contributed by atoms with Gasteiger partial charge in [0.05, 0.1) is 18.4 Å². The van der Waals surface area contributed by atoms with Crippen LogP contribution in [-0.4, -0.2) is 40.0 Å². The van der Waals surface area contributed by atoms with E-state index >= 15 is 0 Å². The van der Waals surface area contributed by atoms with Crippen LogP contribution < -0.4 is 0 Å². The Balaban J connectivity index is 1.40. The SMILES string of the molecule is Cn1cc(CN2CC[C@@]3(C[C@@H](c4ccccc4)CO3)C2)cn1. The van der Waals surface area contributed by atoms with Crippen LogP contribution in [0.4, 0.5) is 0 Å². The van der Waals surface area contributed by atoms with E-state index < -0.39 is 0 Å². The Morgan fingerprint density at radius 2 is 2.18 bits per heavy atom. The van der Waals surface area contributed by atoms with Crippen molar-refractivity contribution in [3.8, 4) is 0 Å². The number of ether oxygens (including phenoxy) is 1. The molecule has 0 unspecified atom stereocenters. The first-order valence-corrected chi connectivity index (χ1v) is 8.11. The highest BCUT2D eigenvalue weighted by Crippen LogP contribution is 2.42. The van der Waals surface area contributed by atoms with Crippen LogP contribution in [0.25, 0.3) is 0 Å². The van der Waals surface area contributed by atoms with Crippen molar-refractivity contribution in [3.05, 3.63) is 53.9 Å². The predicted octanol–water partition coefficient (Wildman–Crippen LogP) is 2.57. The number of benzene rings is 1. The molecule has 2 aliphatic heterocycles. The minimum atomic E-state index is 0.0721. The van der Waals surface area contributed by atoms with Crippen molar-refractivity contribution in [1.82, 2.24) is 14.7 Å². The number of hydrogen-bond acceptors (Lipinski definition) is 3. The zero-order valence-electron chi connectivity index (χ0n) is 13.1. The molecule has 0 amide bonds. The van der Waals surface area contributed by atoms with Gasteiger partial charge < -0.3 is 4.74 Å². The molecule has 0 aliphatic carbocycles. The molecule has 1 aromatic heterocycles. The van der Waals surface area contributed by atoms with Crippen LogP contribution in [0.15, 0.2) is 42.7 Å². The monoisotopic (exact) mass is 297 g/mol. The molecule has 4 heteroatoms. The van der Waals surface area contributed by atoms with Crippen LogP contribution in [0, 0.1) is 0 Å². The molecule has 1 aromatic carbocycles. The van der Waals surface area contributed by atoms with Gasteiger partial charge in [-0.2, -0.15) is 5.10 Å². The van der Waals surface area contributed by atoms with Gasteiger partial charge in [0.1, 0.15) is 0 Å². The maximum Gasteiger partial charge on any atom is 0.0828 e. The Morgan fingerprint density at radius 3 is 2.95 bits per heavy atom. The Hall–Kier alpha value is -1.65. The van der Waals surface area contributed by atoms with Gasteiger partial charge in [-0.25, -0.2) is 0 Å². The molecule has 2 aliphatic rings. The smallest absolute Gasteiger partial charge is 0.0828 e. The first-order chi connectivity index (χ1) is 10.7. The van der Waals surface area contributed by atoms with Crippen LogP contribution in [0.3, 0.4) is 0 Å². The Kier molecular flexibility index (Phi) is 3.51. The quantitative estimate of drug-likeness (QED) is 0.872. The summed E-state index contributed by atoms with van der Waals surface area (Å²) >= 11 is 0. The molecule has 2 aromatic rings. The molecule has 0 radical (unpaired) electrons. The van der Waals surface area contributed by atoms with Gasteiger partial charge in [-0.05, 0) is 18.4 Å². The summed E-state index contributed by atoms with van der Waals surface area (Å²) in [4.78, 5) is 2.50. The van der Waals surface area contributed by atoms with Gasteiger partial charge in [0, 0.05) is 44.4 Å². The Labute approximate surface area is 131 Å². The van der Waals surface area contributed by atoms with E-state index in [1.807, 2.05) is 17.9 Å². The number of rotatable bonds is 3. The standard InChI is InChI=1S/C18H23N3O/c1-20-11-15(10-19-20)12-21-8-7-18(14-21)9-17(13-22-18)16-5-3-2-4-6-16/h2-6,10-11,17H,7-9,12-14H2,1H3/t17-,18-/m1/s1. The third kappa shape index (κ3) is 2.69. The summed E-state index contributed by atoms with van der Waals surface area (Å²) in [5, 5.41) is 4.26. The lowest BCUT2D eigenvalue weighted by atomic mass is 9.89. The van der Waals surface area contributed by atoms with Crippen molar-refractivity contribution >= 4 is 0 Å². The van der Waals surface area contributed by atoms with E-state index in [2.05, 4.69) is 46.5 Å². The fourth-order valence-electron chi connectivity index (χ4n) is 3.94. The average molecular weight is 297 g/mol. The normalized spacial score (nSPS) is 28.7. The van der Waals surface area contributed by atoms with E-state index in [9.17, 15) is 0 Å². The molecule has 2 saturated heterocycles. The van der Waals surface area contributed by atoms with Crippen molar-refractivity contribution in [2.75, 3.05) is 19.7 Å². The molecule has 3 heterocycles. The number of aromatic nitrogens is 2. The fourth-order valence-corrected chi connectivity index (χ4v) is 3.94. The molecule has 4 nitrogen and oxygen atoms in total. The number of aryl methyl sites for hydroxylation is 1. The molecule has 1 spiro atoms. The largest absolute Gasteiger partial charge is 0.373 e. The summed E-state index contributed by atoms with van der Waals surface area (Å²) in [5.41, 5.74) is 2.78. The van der Waals surface area contributed by atoms with Crippen molar-refractivity contribution in [2.45, 2.75) is 30.9 Å². The van der Waals surface area contributed by atoms with Crippen LogP contribution in [0.1, 0.15) is 29.9 Å². The summed E-state index contributed by atoms with van der Waals surface area (Å²) in [6, 6.07) is 10.8. The highest BCUT2D eigenvalue weighted by molar-refractivity contribution is 5.22. The van der Waals surface area contributed by atoms with Crippen molar-refractivity contribution in [2.24, 2.45) is 7.05 Å². The zero-order chi connectivity index (χ0) is 15.0. The van der Waals surface area contributed by atoms with Gasteiger partial charge in [-0.1, -0.05) is 30.3 Å². The van der Waals surface area contributed by atoms with Gasteiger partial charge >= 0.3 is 0 Å². The topological polar surface area (TPSA) is 30.3 Å². The molecule has 2 atom stereocenters. The summed E-state index contributed by atoms with van der Waals surface area (Å²) in [7, 11) is 1.97. The van der Waals surface area contributed by atoms with Crippen LogP contribution in [0.2, 0.25) is 0 Å². The van der Waals surface area contributed by atoms with Crippen LogP contribution >= 0.6 is 0 Å². The zero-order valence-corrected chi connectivity index (χ0v) is 13.1. The second kappa shape index (κ2) is 5.52. The Morgan fingerprint density at radius 1 is 1.32 bits per heavy atom. The maximum absolute atomic E-state index is 6.28. The molecule has 4 rings (SSSR count). The van der Waals surface area contributed by atoms with Gasteiger partial charge in [-0.3, -0.25) is 9.58 Å². The highest BCUT2D eigenvalue weighted by Gasteiger charge is 2.45. The Bertz CT molecular complexity index is 639. The molecular formula is C18H23N3O. The minimum absolute atomic E-state index is 0.0721. The van der Waals surface area contributed by atoms with Gasteiger partial charge in [0.2, 0.25) is 0 Å². The highest BCUT2D eigenvalue weighted by atomic mass is 16.5. The van der Waals surface area contributed by atoms with Gasteiger partial charge in [-0.15, -0.1) is 0 Å². The molecule has 22 heavy (non-hydrogen) atoms. The number of nitrogens with zero attached hydrogens (tertiary/aromatic N) is 3. The summed E-state index contributed by atoms with van der Waals surface area (Å²) < 4.78 is 8.15. The predicted molar refractivity (Wildman–Crippen MR) is 85.6 cm³/mol. The van der Waals surface area contributed by atoms with Crippen molar-refractivity contribution in [1.29, 1.82) is 0 Å². The molecule has 116 valence electrons. The van der Waals surface area contributed by atoms with E-state index in [4.69, 9.17) is 4.74 Å². The molecule has 0 bridgehead atoms. The van der Waals surface area contributed by atoms with E-state index in [-0.39, 0.29) is 5.60 Å². The number of likely N-dealkylation sites (tertiary alicyclic amines) is 1. The third-order valence-electron chi connectivity index (χ3n) is 5.04. The lowest BCUT2D eigenvalue weighted by molar-refractivity contribution is 0.0118. The van der Waals surface area contributed by atoms with E-state index in [1.165, 1.54) is 11.1 Å². The van der Waals surface area contributed by atoms with Crippen LogP contribution in [-0.2, 0) is 18.3 Å². The second-order valence-electron chi connectivity index (χ2n) is 6.79. The molecular weight excluding hydrogens is 274 g/mol. The third-order valence-corrected chi connectivity index (χ3v) is 5.04. The molecule has 0 saturated carbocycles. The van der Waals surface area contributed by atoms with E-state index in [0.29, 0.717) is 5.92 Å². The fraction of sp³-hybridized carbons (Fsp3) is 0.500. The van der Waals surface area contributed by atoms with Gasteiger partial charge in [0.25, 0.3) is 0 Å².